The van der Waals surface area contributed by atoms with Crippen LogP contribution in [0.2, 0.25) is 0 Å². The van der Waals surface area contributed by atoms with Crippen molar-refractivity contribution in [3.63, 3.8) is 0 Å². The van der Waals surface area contributed by atoms with Crippen molar-refractivity contribution >= 4 is 11.7 Å². The number of amides is 1. The van der Waals surface area contributed by atoms with Crippen LogP contribution in [0.5, 0.6) is 0 Å². The molecule has 4 rings (SSSR count). The second-order valence-corrected chi connectivity index (χ2v) is 8.68. The molecule has 1 atom stereocenters. The predicted molar refractivity (Wildman–Crippen MR) is 107 cm³/mol. The highest BCUT2D eigenvalue weighted by Crippen LogP contribution is 2.38. The van der Waals surface area contributed by atoms with Gasteiger partial charge in [-0.1, -0.05) is 44.1 Å². The summed E-state index contributed by atoms with van der Waals surface area (Å²) in [5.41, 5.74) is 1.93. The number of halogens is 1. The number of benzene rings is 1. The smallest absolute Gasteiger partial charge is 0.279 e. The number of nitrogens with one attached hydrogen (secondary N) is 1. The number of aryl methyl sites for hydroxylation is 1. The van der Waals surface area contributed by atoms with Crippen molar-refractivity contribution in [2.45, 2.75) is 46.6 Å². The normalized spacial score (nSPS) is 16.5. The Hall–Kier alpha value is -2.96. The predicted octanol–water partition coefficient (Wildman–Crippen LogP) is 4.46. The van der Waals surface area contributed by atoms with Gasteiger partial charge in [-0.2, -0.15) is 5.10 Å². The second kappa shape index (κ2) is 7.46. The van der Waals surface area contributed by atoms with Crippen molar-refractivity contribution in [2.24, 2.45) is 11.3 Å². The van der Waals surface area contributed by atoms with Crippen LogP contribution in [-0.2, 0) is 19.4 Å². The summed E-state index contributed by atoms with van der Waals surface area (Å²) in [4.78, 5) is 12.8. The van der Waals surface area contributed by atoms with Crippen LogP contribution in [0.3, 0.4) is 0 Å². The molecule has 2 aromatic heterocycles. The van der Waals surface area contributed by atoms with E-state index >= 15 is 0 Å². The Bertz CT molecular complexity index is 1030. The first-order valence-corrected chi connectivity index (χ1v) is 9.87. The van der Waals surface area contributed by atoms with E-state index in [-0.39, 0.29) is 23.7 Å². The van der Waals surface area contributed by atoms with Crippen LogP contribution >= 0.6 is 0 Å². The van der Waals surface area contributed by atoms with Crippen LogP contribution < -0.4 is 5.32 Å². The molecule has 2 heterocycles. The first kappa shape index (κ1) is 19.4. The highest BCUT2D eigenvalue weighted by Gasteiger charge is 2.34. The Morgan fingerprint density at radius 1 is 1.31 bits per heavy atom. The third-order valence-corrected chi connectivity index (χ3v) is 5.65. The maximum absolute atomic E-state index is 13.8. The summed E-state index contributed by atoms with van der Waals surface area (Å²) in [6, 6.07) is 8.24. The topological polar surface area (TPSA) is 73.0 Å². The van der Waals surface area contributed by atoms with Gasteiger partial charge in [0.05, 0.1) is 6.54 Å². The van der Waals surface area contributed by atoms with E-state index in [1.54, 1.807) is 35.1 Å². The van der Waals surface area contributed by atoms with Gasteiger partial charge in [-0.25, -0.2) is 4.39 Å². The Labute approximate surface area is 169 Å². The lowest BCUT2D eigenvalue weighted by Crippen LogP contribution is -2.27. The minimum absolute atomic E-state index is 0.161. The van der Waals surface area contributed by atoms with E-state index in [0.717, 1.165) is 30.6 Å². The van der Waals surface area contributed by atoms with Gasteiger partial charge >= 0.3 is 0 Å². The van der Waals surface area contributed by atoms with E-state index in [1.807, 2.05) is 0 Å². The maximum atomic E-state index is 13.8. The molecule has 6 nitrogen and oxygen atoms in total. The van der Waals surface area contributed by atoms with Gasteiger partial charge in [0.2, 0.25) is 0 Å². The van der Waals surface area contributed by atoms with Gasteiger partial charge < -0.3 is 9.84 Å². The van der Waals surface area contributed by atoms with E-state index in [4.69, 9.17) is 4.52 Å². The van der Waals surface area contributed by atoms with Gasteiger partial charge in [-0.15, -0.1) is 0 Å². The molecule has 0 fully saturated rings. The molecule has 1 aliphatic carbocycles. The molecule has 29 heavy (non-hydrogen) atoms. The molecule has 0 aliphatic heterocycles. The lowest BCUT2D eigenvalue weighted by atomic mass is 9.71. The van der Waals surface area contributed by atoms with E-state index < -0.39 is 0 Å². The molecule has 1 aromatic carbocycles. The monoisotopic (exact) mass is 396 g/mol. The number of aromatic nitrogens is 3. The highest BCUT2D eigenvalue weighted by atomic mass is 19.1. The molecule has 1 aliphatic rings. The van der Waals surface area contributed by atoms with Gasteiger partial charge in [0.15, 0.2) is 11.5 Å². The number of rotatable bonds is 4. The lowest BCUT2D eigenvalue weighted by molar-refractivity contribution is 0.101. The summed E-state index contributed by atoms with van der Waals surface area (Å²) >= 11 is 0. The molecule has 1 amide bonds. The molecule has 1 unspecified atom stereocenters. The Morgan fingerprint density at radius 3 is 2.86 bits per heavy atom. The van der Waals surface area contributed by atoms with E-state index in [0.29, 0.717) is 23.0 Å². The van der Waals surface area contributed by atoms with Crippen molar-refractivity contribution < 1.29 is 13.7 Å². The van der Waals surface area contributed by atoms with E-state index in [2.05, 4.69) is 36.3 Å². The highest BCUT2D eigenvalue weighted by molar-refractivity contribution is 6.03. The number of carbonyl (C=O) groups excluding carboxylic acids is 1. The van der Waals surface area contributed by atoms with E-state index in [9.17, 15) is 9.18 Å². The number of hydrogen-bond donors (Lipinski definition) is 1. The summed E-state index contributed by atoms with van der Waals surface area (Å²) in [5, 5.41) is 11.1. The van der Waals surface area contributed by atoms with Crippen molar-refractivity contribution in [2.75, 3.05) is 5.32 Å². The number of anilines is 1. The van der Waals surface area contributed by atoms with Gasteiger partial charge in [-0.3, -0.25) is 9.48 Å². The summed E-state index contributed by atoms with van der Waals surface area (Å²) in [5.74, 6) is 1.06. The third kappa shape index (κ3) is 4.09. The fraction of sp³-hybridized carbons (Fsp3) is 0.409. The molecule has 3 aromatic rings. The fourth-order valence-electron chi connectivity index (χ4n) is 3.81. The SMILES string of the molecule is CC(C)(C)C1CCc2onc(C(=O)Nc3ccn(Cc4ccccc4F)n3)c2C1. The van der Waals surface area contributed by atoms with Crippen LogP contribution in [-0.4, -0.2) is 20.8 Å². The molecular formula is C22H25FN4O2. The molecule has 0 saturated heterocycles. The minimum atomic E-state index is -0.333. The van der Waals surface area contributed by atoms with Crippen molar-refractivity contribution in [1.29, 1.82) is 0 Å². The maximum Gasteiger partial charge on any atom is 0.279 e. The molecule has 1 N–H and O–H groups in total. The second-order valence-electron chi connectivity index (χ2n) is 8.68. The average Bonchev–Trinajstić information content (AvgIpc) is 3.29. The summed E-state index contributed by atoms with van der Waals surface area (Å²) in [7, 11) is 0. The van der Waals surface area contributed by atoms with Gasteiger partial charge in [-0.05, 0) is 30.2 Å². The van der Waals surface area contributed by atoms with Gasteiger partial charge in [0, 0.05) is 29.8 Å². The largest absolute Gasteiger partial charge is 0.360 e. The quantitative estimate of drug-likeness (QED) is 0.707. The molecule has 0 saturated carbocycles. The van der Waals surface area contributed by atoms with Crippen molar-refractivity contribution in [3.05, 3.63) is 64.9 Å². The fourth-order valence-corrected chi connectivity index (χ4v) is 3.81. The Morgan fingerprint density at radius 2 is 2.10 bits per heavy atom. The summed E-state index contributed by atoms with van der Waals surface area (Å²) in [6.07, 6.45) is 4.32. The number of carbonyl (C=O) groups is 1. The third-order valence-electron chi connectivity index (χ3n) is 5.65. The van der Waals surface area contributed by atoms with Crippen LogP contribution in [0.4, 0.5) is 10.2 Å². The molecule has 7 heteroatoms. The molecular weight excluding hydrogens is 371 g/mol. The molecule has 0 bridgehead atoms. The Kier molecular flexibility index (Phi) is 4.98. The van der Waals surface area contributed by atoms with Gasteiger partial charge in [0.1, 0.15) is 11.6 Å². The standard InChI is InChI=1S/C22H25FN4O2/c1-22(2,3)15-8-9-18-16(12-15)20(26-29-18)21(28)24-19-10-11-27(25-19)13-14-6-4-5-7-17(14)23/h4-7,10-11,15H,8-9,12-13H2,1-3H3,(H,24,25,28). The van der Waals surface area contributed by atoms with Crippen molar-refractivity contribution in [1.82, 2.24) is 14.9 Å². The number of hydrogen-bond acceptors (Lipinski definition) is 4. The first-order chi connectivity index (χ1) is 13.8. The number of nitrogens with zero attached hydrogens (tertiary/aromatic N) is 3. The van der Waals surface area contributed by atoms with E-state index in [1.165, 1.54) is 6.07 Å². The lowest BCUT2D eigenvalue weighted by Gasteiger charge is -2.33. The molecule has 0 spiro atoms. The summed E-state index contributed by atoms with van der Waals surface area (Å²) < 4.78 is 20.8. The van der Waals surface area contributed by atoms with Crippen LogP contribution in [0.1, 0.15) is 54.6 Å². The minimum Gasteiger partial charge on any atom is -0.360 e. The number of fused-ring (bicyclic) bond motifs is 1. The Balaban J connectivity index is 1.47. The molecule has 0 radical (unpaired) electrons. The van der Waals surface area contributed by atoms with Crippen LogP contribution in [0.15, 0.2) is 41.1 Å². The zero-order valence-electron chi connectivity index (χ0n) is 16.9. The molecule has 152 valence electrons. The van der Waals surface area contributed by atoms with Gasteiger partial charge in [0.25, 0.3) is 5.91 Å². The van der Waals surface area contributed by atoms with Crippen LogP contribution in [0, 0.1) is 17.2 Å². The van der Waals surface area contributed by atoms with Crippen LogP contribution in [0.25, 0.3) is 0 Å². The average molecular weight is 396 g/mol. The first-order valence-electron chi connectivity index (χ1n) is 9.87. The summed E-state index contributed by atoms with van der Waals surface area (Å²) in [6.45, 7) is 6.95. The van der Waals surface area contributed by atoms with Crippen molar-refractivity contribution in [3.8, 4) is 0 Å². The zero-order valence-corrected chi connectivity index (χ0v) is 16.9. The zero-order chi connectivity index (χ0) is 20.6.